The van der Waals surface area contributed by atoms with Crippen molar-refractivity contribution in [2.45, 2.75) is 45.7 Å². The molecule has 92 valence electrons. The number of aryl methyl sites for hydroxylation is 2. The Bertz CT molecular complexity index is 404. The van der Waals surface area contributed by atoms with Gasteiger partial charge >= 0.3 is 0 Å². The van der Waals surface area contributed by atoms with E-state index in [9.17, 15) is 4.79 Å². The van der Waals surface area contributed by atoms with Crippen LogP contribution in [0.1, 0.15) is 30.9 Å². The molecule has 0 unspecified atom stereocenters. The Morgan fingerprint density at radius 3 is 2.41 bits per heavy atom. The average molecular weight is 232 g/mol. The first-order chi connectivity index (χ1) is 8.08. The minimum atomic E-state index is -0.124. The van der Waals surface area contributed by atoms with E-state index in [1.54, 1.807) is 0 Å². The zero-order valence-electron chi connectivity index (χ0n) is 10.7. The smallest absolute Gasteiger partial charge is 0.241 e. The molecule has 0 aliphatic heterocycles. The highest BCUT2D eigenvalue weighted by atomic mass is 16.2. The monoisotopic (exact) mass is 232 g/mol. The fourth-order valence-electron chi connectivity index (χ4n) is 1.92. The van der Waals surface area contributed by atoms with Crippen molar-refractivity contribution in [1.29, 1.82) is 0 Å². The van der Waals surface area contributed by atoms with Gasteiger partial charge in [-0.2, -0.15) is 0 Å². The highest BCUT2D eigenvalue weighted by Gasteiger charge is 2.25. The maximum absolute atomic E-state index is 12.0. The molecular formula is C14H20N2O. The van der Waals surface area contributed by atoms with Crippen LogP contribution in [-0.4, -0.2) is 18.0 Å². The van der Waals surface area contributed by atoms with Crippen LogP contribution >= 0.6 is 0 Å². The maximum Gasteiger partial charge on any atom is 0.241 e. The Morgan fingerprint density at radius 2 is 1.88 bits per heavy atom. The SMILES string of the molecule is Cc1cccc(C)c1NC(=O)[C@@H](C)NC1CC1. The van der Waals surface area contributed by atoms with Gasteiger partial charge in [-0.05, 0) is 44.7 Å². The lowest BCUT2D eigenvalue weighted by Gasteiger charge is -2.16. The van der Waals surface area contributed by atoms with Crippen LogP contribution in [-0.2, 0) is 4.79 Å². The summed E-state index contributed by atoms with van der Waals surface area (Å²) in [5, 5.41) is 6.31. The van der Waals surface area contributed by atoms with Crippen LogP contribution in [0.15, 0.2) is 18.2 Å². The number of hydrogen-bond donors (Lipinski definition) is 2. The number of hydrogen-bond acceptors (Lipinski definition) is 2. The van der Waals surface area contributed by atoms with E-state index in [1.807, 2.05) is 39.0 Å². The van der Waals surface area contributed by atoms with Gasteiger partial charge in [0, 0.05) is 11.7 Å². The summed E-state index contributed by atoms with van der Waals surface area (Å²) in [6.07, 6.45) is 2.39. The molecule has 2 rings (SSSR count). The Labute approximate surface area is 103 Å². The third-order valence-electron chi connectivity index (χ3n) is 3.19. The quantitative estimate of drug-likeness (QED) is 0.837. The average Bonchev–Trinajstić information content (AvgIpc) is 3.07. The van der Waals surface area contributed by atoms with Crippen molar-refractivity contribution < 1.29 is 4.79 Å². The minimum Gasteiger partial charge on any atom is -0.324 e. The predicted molar refractivity (Wildman–Crippen MR) is 70.2 cm³/mol. The Morgan fingerprint density at radius 1 is 1.29 bits per heavy atom. The summed E-state index contributed by atoms with van der Waals surface area (Å²) in [6, 6.07) is 6.46. The van der Waals surface area contributed by atoms with Gasteiger partial charge in [-0.15, -0.1) is 0 Å². The zero-order chi connectivity index (χ0) is 12.4. The second kappa shape index (κ2) is 4.88. The van der Waals surface area contributed by atoms with Crippen molar-refractivity contribution in [1.82, 2.24) is 5.32 Å². The van der Waals surface area contributed by atoms with Crippen molar-refractivity contribution in [2.24, 2.45) is 0 Å². The molecule has 0 spiro atoms. The molecule has 0 radical (unpaired) electrons. The molecule has 17 heavy (non-hydrogen) atoms. The number of nitrogens with one attached hydrogen (secondary N) is 2. The minimum absolute atomic E-state index is 0.0503. The van der Waals surface area contributed by atoms with E-state index in [4.69, 9.17) is 0 Å². The third kappa shape index (κ3) is 3.07. The lowest BCUT2D eigenvalue weighted by atomic mass is 10.1. The molecule has 1 aliphatic carbocycles. The molecule has 3 nitrogen and oxygen atoms in total. The van der Waals surface area contributed by atoms with E-state index in [0.717, 1.165) is 16.8 Å². The van der Waals surface area contributed by atoms with Gasteiger partial charge in [-0.3, -0.25) is 4.79 Å². The van der Waals surface area contributed by atoms with Gasteiger partial charge in [0.2, 0.25) is 5.91 Å². The molecule has 1 amide bonds. The first-order valence-corrected chi connectivity index (χ1v) is 6.21. The summed E-state index contributed by atoms with van der Waals surface area (Å²) >= 11 is 0. The second-order valence-corrected chi connectivity index (χ2v) is 4.92. The van der Waals surface area contributed by atoms with Gasteiger partial charge in [0.05, 0.1) is 6.04 Å². The van der Waals surface area contributed by atoms with Crippen LogP contribution in [0.3, 0.4) is 0 Å². The van der Waals surface area contributed by atoms with E-state index in [1.165, 1.54) is 12.8 Å². The Hall–Kier alpha value is -1.35. The molecule has 0 saturated heterocycles. The summed E-state index contributed by atoms with van der Waals surface area (Å²) in [7, 11) is 0. The van der Waals surface area contributed by atoms with Crippen LogP contribution in [0.2, 0.25) is 0 Å². The number of anilines is 1. The molecule has 1 saturated carbocycles. The fraction of sp³-hybridized carbons (Fsp3) is 0.500. The number of para-hydroxylation sites is 1. The molecule has 0 heterocycles. The molecule has 1 aliphatic rings. The summed E-state index contributed by atoms with van der Waals surface area (Å²) in [5.41, 5.74) is 3.16. The number of carbonyl (C=O) groups is 1. The van der Waals surface area contributed by atoms with Gasteiger partial charge in [-0.1, -0.05) is 18.2 Å². The molecule has 3 heteroatoms. The first kappa shape index (κ1) is 12.1. The van der Waals surface area contributed by atoms with Crippen molar-refractivity contribution in [3.8, 4) is 0 Å². The Balaban J connectivity index is 2.01. The van der Waals surface area contributed by atoms with Crippen molar-refractivity contribution in [2.75, 3.05) is 5.32 Å². The van der Waals surface area contributed by atoms with Gasteiger partial charge in [0.15, 0.2) is 0 Å². The van der Waals surface area contributed by atoms with E-state index >= 15 is 0 Å². The topological polar surface area (TPSA) is 41.1 Å². The van der Waals surface area contributed by atoms with Gasteiger partial charge < -0.3 is 10.6 Å². The van der Waals surface area contributed by atoms with Crippen LogP contribution in [0.5, 0.6) is 0 Å². The third-order valence-corrected chi connectivity index (χ3v) is 3.19. The van der Waals surface area contributed by atoms with E-state index in [0.29, 0.717) is 6.04 Å². The number of benzene rings is 1. The highest BCUT2D eigenvalue weighted by molar-refractivity contribution is 5.95. The van der Waals surface area contributed by atoms with Crippen LogP contribution in [0, 0.1) is 13.8 Å². The molecule has 2 N–H and O–H groups in total. The summed E-state index contributed by atoms with van der Waals surface area (Å²) in [6.45, 7) is 5.95. The molecule has 1 atom stereocenters. The molecule has 1 fully saturated rings. The highest BCUT2D eigenvalue weighted by Crippen LogP contribution is 2.21. The van der Waals surface area contributed by atoms with Gasteiger partial charge in [-0.25, -0.2) is 0 Å². The van der Waals surface area contributed by atoms with Crippen molar-refractivity contribution in [3.63, 3.8) is 0 Å². The summed E-state index contributed by atoms with van der Waals surface area (Å²) < 4.78 is 0. The van der Waals surface area contributed by atoms with Crippen molar-refractivity contribution in [3.05, 3.63) is 29.3 Å². The molecule has 1 aromatic carbocycles. The van der Waals surface area contributed by atoms with Crippen LogP contribution in [0.4, 0.5) is 5.69 Å². The largest absolute Gasteiger partial charge is 0.324 e. The maximum atomic E-state index is 12.0. The summed E-state index contributed by atoms with van der Waals surface area (Å²) in [5.74, 6) is 0.0503. The normalized spacial score (nSPS) is 16.6. The van der Waals surface area contributed by atoms with Gasteiger partial charge in [0.25, 0.3) is 0 Å². The molecule has 0 bridgehead atoms. The lowest BCUT2D eigenvalue weighted by Crippen LogP contribution is -2.39. The Kier molecular flexibility index (Phi) is 3.48. The van der Waals surface area contributed by atoms with E-state index < -0.39 is 0 Å². The van der Waals surface area contributed by atoms with E-state index in [-0.39, 0.29) is 11.9 Å². The molecule has 0 aromatic heterocycles. The number of amides is 1. The van der Waals surface area contributed by atoms with Gasteiger partial charge in [0.1, 0.15) is 0 Å². The van der Waals surface area contributed by atoms with Crippen LogP contribution in [0.25, 0.3) is 0 Å². The van der Waals surface area contributed by atoms with E-state index in [2.05, 4.69) is 10.6 Å². The lowest BCUT2D eigenvalue weighted by molar-refractivity contribution is -0.117. The van der Waals surface area contributed by atoms with Crippen molar-refractivity contribution >= 4 is 11.6 Å². The number of rotatable bonds is 4. The predicted octanol–water partition coefficient (Wildman–Crippen LogP) is 2.38. The number of carbonyl (C=O) groups excluding carboxylic acids is 1. The first-order valence-electron chi connectivity index (χ1n) is 6.21. The summed E-state index contributed by atoms with van der Waals surface area (Å²) in [4.78, 5) is 12.0. The standard InChI is InChI=1S/C14H20N2O/c1-9-5-4-6-10(2)13(9)16-14(17)11(3)15-12-7-8-12/h4-6,11-12,15H,7-8H2,1-3H3,(H,16,17)/t11-/m1/s1. The molecule has 1 aromatic rings. The molecular weight excluding hydrogens is 212 g/mol. The fourth-order valence-corrected chi connectivity index (χ4v) is 1.92. The second-order valence-electron chi connectivity index (χ2n) is 4.92. The van der Waals surface area contributed by atoms with Crippen LogP contribution < -0.4 is 10.6 Å². The zero-order valence-corrected chi connectivity index (χ0v) is 10.7.